The highest BCUT2D eigenvalue weighted by molar-refractivity contribution is 7.92. The minimum Gasteiger partial charge on any atom is -0.277 e. The molecule has 0 aliphatic carbocycles. The number of hydrogen-bond acceptors (Lipinski definition) is 3. The number of nitrogens with one attached hydrogen (secondary N) is 1. The van der Waals surface area contributed by atoms with Crippen LogP contribution in [-0.4, -0.2) is 18.2 Å². The van der Waals surface area contributed by atoms with E-state index in [-0.39, 0.29) is 10.6 Å². The molecule has 25 heavy (non-hydrogen) atoms. The molecular formula is C17H15ClFN3O2S. The van der Waals surface area contributed by atoms with Crippen LogP contribution in [0, 0.1) is 19.7 Å². The van der Waals surface area contributed by atoms with Gasteiger partial charge < -0.3 is 0 Å². The third kappa shape index (κ3) is 3.38. The van der Waals surface area contributed by atoms with E-state index in [1.54, 1.807) is 44.2 Å². The van der Waals surface area contributed by atoms with Crippen molar-refractivity contribution in [1.82, 2.24) is 9.78 Å². The van der Waals surface area contributed by atoms with Crippen LogP contribution in [0.25, 0.3) is 5.69 Å². The smallest absolute Gasteiger partial charge is 0.265 e. The molecule has 0 atom stereocenters. The number of halogens is 2. The normalized spacial score (nSPS) is 11.5. The van der Waals surface area contributed by atoms with Gasteiger partial charge >= 0.3 is 0 Å². The second kappa shape index (κ2) is 6.50. The van der Waals surface area contributed by atoms with Gasteiger partial charge in [0.05, 0.1) is 22.8 Å². The first-order valence-electron chi connectivity index (χ1n) is 7.39. The molecule has 1 heterocycles. The van der Waals surface area contributed by atoms with Crippen LogP contribution in [0.2, 0.25) is 5.02 Å². The zero-order chi connectivity index (χ0) is 18.2. The molecule has 5 nitrogen and oxygen atoms in total. The summed E-state index contributed by atoms with van der Waals surface area (Å²) in [5, 5.41) is 4.87. The number of aromatic nitrogens is 2. The Balaban J connectivity index is 2.05. The molecule has 0 amide bonds. The highest BCUT2D eigenvalue weighted by atomic mass is 35.5. The fourth-order valence-corrected chi connectivity index (χ4v) is 4.18. The van der Waals surface area contributed by atoms with Gasteiger partial charge in [0.15, 0.2) is 0 Å². The molecule has 0 radical (unpaired) electrons. The molecule has 3 rings (SSSR count). The third-order valence-electron chi connectivity index (χ3n) is 3.68. The van der Waals surface area contributed by atoms with E-state index in [1.165, 1.54) is 22.9 Å². The van der Waals surface area contributed by atoms with E-state index in [0.717, 1.165) is 0 Å². The largest absolute Gasteiger partial charge is 0.277 e. The van der Waals surface area contributed by atoms with Gasteiger partial charge in [-0.25, -0.2) is 17.5 Å². The molecule has 0 fully saturated rings. The lowest BCUT2D eigenvalue weighted by molar-refractivity contribution is 0.597. The van der Waals surface area contributed by atoms with Gasteiger partial charge in [0.2, 0.25) is 0 Å². The van der Waals surface area contributed by atoms with Crippen LogP contribution in [0.4, 0.5) is 10.1 Å². The van der Waals surface area contributed by atoms with Gasteiger partial charge in [-0.05, 0) is 50.2 Å². The van der Waals surface area contributed by atoms with E-state index < -0.39 is 15.8 Å². The van der Waals surface area contributed by atoms with Gasteiger partial charge in [0.25, 0.3) is 10.0 Å². The highest BCUT2D eigenvalue weighted by Crippen LogP contribution is 2.26. The van der Waals surface area contributed by atoms with Crippen molar-refractivity contribution in [2.24, 2.45) is 0 Å². The van der Waals surface area contributed by atoms with Crippen LogP contribution >= 0.6 is 11.6 Å². The minimum atomic E-state index is -3.99. The summed E-state index contributed by atoms with van der Waals surface area (Å²) in [6.07, 6.45) is 0. The monoisotopic (exact) mass is 379 g/mol. The zero-order valence-corrected chi connectivity index (χ0v) is 15.1. The molecule has 2 aromatic carbocycles. The summed E-state index contributed by atoms with van der Waals surface area (Å²) in [6.45, 7) is 3.24. The van der Waals surface area contributed by atoms with Gasteiger partial charge in [0.1, 0.15) is 10.7 Å². The first-order chi connectivity index (χ1) is 11.8. The number of para-hydroxylation sites is 1. The van der Waals surface area contributed by atoms with Crippen molar-refractivity contribution in [3.8, 4) is 5.69 Å². The summed E-state index contributed by atoms with van der Waals surface area (Å²) < 4.78 is 43.1. The molecule has 0 saturated carbocycles. The second-order valence-corrected chi connectivity index (χ2v) is 7.53. The fourth-order valence-electron chi connectivity index (χ4n) is 2.59. The molecule has 3 aromatic rings. The lowest BCUT2D eigenvalue weighted by atomic mass is 10.3. The number of aryl methyl sites for hydroxylation is 1. The summed E-state index contributed by atoms with van der Waals surface area (Å²) in [5.74, 6) is -0.647. The number of sulfonamides is 1. The standard InChI is InChI=1S/C17H15ClFN3O2S/c1-11-17(25(23,24)21-16-6-4-3-5-15(16)19)12(2)22(20-11)14-9-7-13(18)8-10-14/h3-10,21H,1-2H3. The minimum absolute atomic E-state index is 0.0192. The van der Waals surface area contributed by atoms with Gasteiger partial charge in [-0.3, -0.25) is 4.72 Å². The van der Waals surface area contributed by atoms with E-state index in [1.807, 2.05) is 0 Å². The van der Waals surface area contributed by atoms with E-state index in [4.69, 9.17) is 11.6 Å². The van der Waals surface area contributed by atoms with Crippen molar-refractivity contribution in [2.45, 2.75) is 18.7 Å². The first kappa shape index (κ1) is 17.4. The van der Waals surface area contributed by atoms with Gasteiger partial charge in [-0.2, -0.15) is 5.10 Å². The predicted molar refractivity (Wildman–Crippen MR) is 95.3 cm³/mol. The molecule has 0 spiro atoms. The Kier molecular flexibility index (Phi) is 4.53. The van der Waals surface area contributed by atoms with Crippen molar-refractivity contribution in [3.63, 3.8) is 0 Å². The van der Waals surface area contributed by atoms with Gasteiger partial charge in [0, 0.05) is 5.02 Å². The molecular weight excluding hydrogens is 365 g/mol. The maximum absolute atomic E-state index is 13.8. The summed E-state index contributed by atoms with van der Waals surface area (Å²) in [5.41, 5.74) is 1.30. The van der Waals surface area contributed by atoms with Crippen LogP contribution in [0.5, 0.6) is 0 Å². The van der Waals surface area contributed by atoms with Crippen LogP contribution in [0.1, 0.15) is 11.4 Å². The van der Waals surface area contributed by atoms with E-state index in [9.17, 15) is 12.8 Å². The molecule has 1 N–H and O–H groups in total. The average Bonchev–Trinajstić information content (AvgIpc) is 2.85. The molecule has 0 aliphatic heterocycles. The Labute approximate surface area is 150 Å². The Hall–Kier alpha value is -2.38. The van der Waals surface area contributed by atoms with Crippen molar-refractivity contribution in [3.05, 3.63) is 70.8 Å². The maximum atomic E-state index is 13.8. The lowest BCUT2D eigenvalue weighted by Gasteiger charge is -2.09. The molecule has 1 aromatic heterocycles. The van der Waals surface area contributed by atoms with Crippen molar-refractivity contribution < 1.29 is 12.8 Å². The number of rotatable bonds is 4. The number of benzene rings is 2. The molecule has 0 bridgehead atoms. The predicted octanol–water partition coefficient (Wildman–Crippen LogP) is 4.08. The maximum Gasteiger partial charge on any atom is 0.265 e. The average molecular weight is 380 g/mol. The summed E-state index contributed by atoms with van der Waals surface area (Å²) in [6, 6.07) is 12.5. The molecule has 8 heteroatoms. The lowest BCUT2D eigenvalue weighted by Crippen LogP contribution is -2.15. The van der Waals surface area contributed by atoms with Crippen molar-refractivity contribution in [2.75, 3.05) is 4.72 Å². The number of nitrogens with zero attached hydrogens (tertiary/aromatic N) is 2. The third-order valence-corrected chi connectivity index (χ3v) is 5.55. The summed E-state index contributed by atoms with van der Waals surface area (Å²) >= 11 is 5.88. The van der Waals surface area contributed by atoms with Crippen LogP contribution < -0.4 is 4.72 Å². The van der Waals surface area contributed by atoms with Gasteiger partial charge in [-0.1, -0.05) is 23.7 Å². The van der Waals surface area contributed by atoms with E-state index in [0.29, 0.717) is 22.1 Å². The van der Waals surface area contributed by atoms with E-state index in [2.05, 4.69) is 9.82 Å². The SMILES string of the molecule is Cc1nn(-c2ccc(Cl)cc2)c(C)c1S(=O)(=O)Nc1ccccc1F. The quantitative estimate of drug-likeness (QED) is 0.742. The number of anilines is 1. The van der Waals surface area contributed by atoms with Crippen molar-refractivity contribution in [1.29, 1.82) is 0 Å². The first-order valence-corrected chi connectivity index (χ1v) is 9.25. The highest BCUT2D eigenvalue weighted by Gasteiger charge is 2.26. The fraction of sp³-hybridized carbons (Fsp3) is 0.118. The van der Waals surface area contributed by atoms with Crippen molar-refractivity contribution >= 4 is 27.3 Å². The molecule has 0 aliphatic rings. The Bertz CT molecular complexity index is 1030. The Morgan fingerprint density at radius 1 is 1.08 bits per heavy atom. The van der Waals surface area contributed by atoms with Crippen LogP contribution in [0.3, 0.4) is 0 Å². The zero-order valence-electron chi connectivity index (χ0n) is 13.5. The second-order valence-electron chi connectivity index (χ2n) is 5.47. The van der Waals surface area contributed by atoms with Gasteiger partial charge in [-0.15, -0.1) is 0 Å². The molecule has 0 unspecified atom stereocenters. The Morgan fingerprint density at radius 3 is 2.36 bits per heavy atom. The molecule has 0 saturated heterocycles. The summed E-state index contributed by atoms with van der Waals surface area (Å²) in [7, 11) is -3.99. The topological polar surface area (TPSA) is 64.0 Å². The van der Waals surface area contributed by atoms with Crippen LogP contribution in [-0.2, 0) is 10.0 Å². The molecule has 130 valence electrons. The van der Waals surface area contributed by atoms with Crippen LogP contribution in [0.15, 0.2) is 53.4 Å². The summed E-state index contributed by atoms with van der Waals surface area (Å²) in [4.78, 5) is 0.0192. The Morgan fingerprint density at radius 2 is 1.72 bits per heavy atom. The number of hydrogen-bond donors (Lipinski definition) is 1. The van der Waals surface area contributed by atoms with E-state index >= 15 is 0 Å².